The summed E-state index contributed by atoms with van der Waals surface area (Å²) in [5.41, 5.74) is 0. The van der Waals surface area contributed by atoms with Gasteiger partial charge in [-0.2, -0.15) is 0 Å². The number of rotatable bonds is 17. The summed E-state index contributed by atoms with van der Waals surface area (Å²) in [6, 6.07) is 0. The van der Waals surface area contributed by atoms with Crippen LogP contribution in [0.4, 0.5) is 0 Å². The molecule has 1 heteroatoms. The molecule has 0 atom stereocenters. The Labute approximate surface area is 144 Å². The van der Waals surface area contributed by atoms with Gasteiger partial charge < -0.3 is 4.79 Å². The van der Waals surface area contributed by atoms with Gasteiger partial charge in [-0.1, -0.05) is 114 Å². The highest BCUT2D eigenvalue weighted by Crippen LogP contribution is 2.12. The Morgan fingerprint density at radius 1 is 0.565 bits per heavy atom. The van der Waals surface area contributed by atoms with Gasteiger partial charge in [0.15, 0.2) is 0 Å². The van der Waals surface area contributed by atoms with E-state index in [-0.39, 0.29) is 0 Å². The van der Waals surface area contributed by atoms with Gasteiger partial charge in [0.25, 0.3) is 0 Å². The molecule has 0 aromatic heterocycles. The van der Waals surface area contributed by atoms with Crippen LogP contribution in [0.5, 0.6) is 0 Å². The molecular weight excluding hydrogens is 280 g/mol. The minimum atomic E-state index is 0.507. The van der Waals surface area contributed by atoms with Crippen LogP contribution < -0.4 is 0 Å². The lowest BCUT2D eigenvalue weighted by Crippen LogP contribution is -1.82. The Kier molecular flexibility index (Phi) is 19.9. The number of hydrogen-bond donors (Lipinski definition) is 0. The first-order chi connectivity index (χ1) is 11.4. The molecule has 23 heavy (non-hydrogen) atoms. The van der Waals surface area contributed by atoms with E-state index in [4.69, 9.17) is 0 Å². The number of aldehydes is 1. The molecule has 0 N–H and O–H groups in total. The summed E-state index contributed by atoms with van der Waals surface area (Å²) in [6.07, 6.45) is 31.6. The van der Waals surface area contributed by atoms with Crippen molar-refractivity contribution in [2.45, 2.75) is 96.8 Å². The van der Waals surface area contributed by atoms with Crippen LogP contribution in [0.2, 0.25) is 0 Å². The van der Waals surface area contributed by atoms with E-state index in [0.717, 1.165) is 6.29 Å². The standard InChI is InChI=1S/C22H38O/c1-2-3-4-5-6-7-8-9-10-11-12-13-14-15-16-17-18-19-20-21-22-23/h15-20,22H,2-14,21H2,1H3. The number of hydrogen-bond acceptors (Lipinski definition) is 1. The first-order valence-electron chi connectivity index (χ1n) is 9.83. The summed E-state index contributed by atoms with van der Waals surface area (Å²) in [7, 11) is 0. The van der Waals surface area contributed by atoms with Gasteiger partial charge in [-0.15, -0.1) is 0 Å². The Morgan fingerprint density at radius 3 is 1.57 bits per heavy atom. The van der Waals surface area contributed by atoms with Crippen molar-refractivity contribution in [3.63, 3.8) is 0 Å². The fraction of sp³-hybridized carbons (Fsp3) is 0.682. The van der Waals surface area contributed by atoms with Gasteiger partial charge in [-0.05, 0) is 12.8 Å². The van der Waals surface area contributed by atoms with E-state index in [1.165, 1.54) is 83.5 Å². The minimum absolute atomic E-state index is 0.507. The molecule has 1 nitrogen and oxygen atoms in total. The van der Waals surface area contributed by atoms with Crippen LogP contribution in [0.1, 0.15) is 96.8 Å². The highest BCUT2D eigenvalue weighted by atomic mass is 16.1. The summed E-state index contributed by atoms with van der Waals surface area (Å²) >= 11 is 0. The van der Waals surface area contributed by atoms with E-state index < -0.39 is 0 Å². The molecule has 0 rings (SSSR count). The van der Waals surface area contributed by atoms with E-state index in [9.17, 15) is 4.79 Å². The monoisotopic (exact) mass is 318 g/mol. The third kappa shape index (κ3) is 20.9. The number of unbranched alkanes of at least 4 members (excludes halogenated alkanes) is 12. The first kappa shape index (κ1) is 21.9. The van der Waals surface area contributed by atoms with Crippen molar-refractivity contribution in [2.75, 3.05) is 0 Å². The molecule has 0 saturated carbocycles. The average Bonchev–Trinajstić information content (AvgIpc) is 2.57. The number of carbonyl (C=O) groups excluding carboxylic acids is 1. The van der Waals surface area contributed by atoms with Crippen LogP contribution in [0.25, 0.3) is 0 Å². The molecular formula is C22H38O. The lowest BCUT2D eigenvalue weighted by atomic mass is 10.0. The Bertz CT molecular complexity index is 312. The molecule has 0 saturated heterocycles. The molecule has 0 bridgehead atoms. The molecule has 0 aliphatic rings. The summed E-state index contributed by atoms with van der Waals surface area (Å²) in [4.78, 5) is 10.1. The molecule has 0 aromatic carbocycles. The summed E-state index contributed by atoms with van der Waals surface area (Å²) in [5.74, 6) is 0. The largest absolute Gasteiger partial charge is 0.303 e. The summed E-state index contributed by atoms with van der Waals surface area (Å²) < 4.78 is 0. The first-order valence-corrected chi connectivity index (χ1v) is 9.83. The van der Waals surface area contributed by atoms with Crippen LogP contribution in [0.15, 0.2) is 36.5 Å². The van der Waals surface area contributed by atoms with E-state index in [2.05, 4.69) is 19.1 Å². The molecule has 0 aliphatic heterocycles. The molecule has 0 aliphatic carbocycles. The zero-order valence-electron chi connectivity index (χ0n) is 15.3. The van der Waals surface area contributed by atoms with Gasteiger partial charge in [0, 0.05) is 6.42 Å². The van der Waals surface area contributed by atoms with Crippen molar-refractivity contribution in [3.05, 3.63) is 36.5 Å². The lowest BCUT2D eigenvalue weighted by Gasteiger charge is -2.02. The van der Waals surface area contributed by atoms with Crippen LogP contribution in [0, 0.1) is 0 Å². The maximum Gasteiger partial charge on any atom is 0.123 e. The SMILES string of the molecule is CCCCCCCCCCCCCCC=CC=CC=CCC=O. The van der Waals surface area contributed by atoms with Gasteiger partial charge in [-0.25, -0.2) is 0 Å². The molecule has 0 heterocycles. The van der Waals surface area contributed by atoms with E-state index in [1.807, 2.05) is 24.3 Å². The van der Waals surface area contributed by atoms with Gasteiger partial charge in [-0.3, -0.25) is 0 Å². The fourth-order valence-electron chi connectivity index (χ4n) is 2.62. The molecule has 132 valence electrons. The zero-order chi connectivity index (χ0) is 16.8. The van der Waals surface area contributed by atoms with Gasteiger partial charge >= 0.3 is 0 Å². The minimum Gasteiger partial charge on any atom is -0.303 e. The number of carbonyl (C=O) groups is 1. The topological polar surface area (TPSA) is 17.1 Å². The van der Waals surface area contributed by atoms with Gasteiger partial charge in [0.05, 0.1) is 0 Å². The molecule has 0 aromatic rings. The second-order valence-corrected chi connectivity index (χ2v) is 6.32. The van der Waals surface area contributed by atoms with Crippen LogP contribution >= 0.6 is 0 Å². The average molecular weight is 319 g/mol. The quantitative estimate of drug-likeness (QED) is 0.156. The van der Waals surface area contributed by atoms with E-state index in [1.54, 1.807) is 0 Å². The van der Waals surface area contributed by atoms with Crippen molar-refractivity contribution in [3.8, 4) is 0 Å². The van der Waals surface area contributed by atoms with Crippen molar-refractivity contribution in [1.82, 2.24) is 0 Å². The smallest absolute Gasteiger partial charge is 0.123 e. The summed E-state index contributed by atoms with van der Waals surface area (Å²) in [5, 5.41) is 0. The second-order valence-electron chi connectivity index (χ2n) is 6.32. The van der Waals surface area contributed by atoms with Crippen molar-refractivity contribution < 1.29 is 4.79 Å². The molecule has 0 fully saturated rings. The van der Waals surface area contributed by atoms with Crippen molar-refractivity contribution >= 4 is 6.29 Å². The van der Waals surface area contributed by atoms with Crippen molar-refractivity contribution in [2.24, 2.45) is 0 Å². The maximum atomic E-state index is 10.1. The maximum absolute atomic E-state index is 10.1. The predicted molar refractivity (Wildman–Crippen MR) is 104 cm³/mol. The highest BCUT2D eigenvalue weighted by Gasteiger charge is 1.92. The van der Waals surface area contributed by atoms with E-state index >= 15 is 0 Å². The second kappa shape index (κ2) is 20.9. The molecule has 0 amide bonds. The predicted octanol–water partition coefficient (Wildman–Crippen LogP) is 7.34. The normalized spacial score (nSPS) is 12.0. The third-order valence-corrected chi connectivity index (χ3v) is 4.06. The zero-order valence-corrected chi connectivity index (χ0v) is 15.3. The Balaban J connectivity index is 3.17. The third-order valence-electron chi connectivity index (χ3n) is 4.06. The van der Waals surface area contributed by atoms with Crippen LogP contribution in [-0.4, -0.2) is 6.29 Å². The molecule has 0 spiro atoms. The Hall–Kier alpha value is -1.11. The highest BCUT2D eigenvalue weighted by molar-refractivity contribution is 5.52. The molecule has 0 radical (unpaired) electrons. The lowest BCUT2D eigenvalue weighted by molar-refractivity contribution is -0.107. The van der Waals surface area contributed by atoms with Gasteiger partial charge in [0.1, 0.15) is 6.29 Å². The number of allylic oxidation sites excluding steroid dienone is 6. The van der Waals surface area contributed by atoms with Crippen LogP contribution in [0.3, 0.4) is 0 Å². The van der Waals surface area contributed by atoms with Crippen LogP contribution in [-0.2, 0) is 4.79 Å². The Morgan fingerprint density at radius 2 is 1.04 bits per heavy atom. The van der Waals surface area contributed by atoms with E-state index in [0.29, 0.717) is 6.42 Å². The molecule has 0 unspecified atom stereocenters. The van der Waals surface area contributed by atoms with Crippen molar-refractivity contribution in [1.29, 1.82) is 0 Å². The fourth-order valence-corrected chi connectivity index (χ4v) is 2.62. The summed E-state index contributed by atoms with van der Waals surface area (Å²) in [6.45, 7) is 2.28. The van der Waals surface area contributed by atoms with Gasteiger partial charge in [0.2, 0.25) is 0 Å².